The molecule has 0 saturated carbocycles. The number of hydrogen-bond donors (Lipinski definition) is 1. The third-order valence-electron chi connectivity index (χ3n) is 5.68. The molecule has 0 spiro atoms. The van der Waals surface area contributed by atoms with Gasteiger partial charge in [0.25, 0.3) is 0 Å². The topological polar surface area (TPSA) is 92.8 Å². The molecular formula is C24H29FN2O5S. The van der Waals surface area contributed by atoms with E-state index in [0.29, 0.717) is 37.3 Å². The summed E-state index contributed by atoms with van der Waals surface area (Å²) in [5, 5.41) is 2.92. The van der Waals surface area contributed by atoms with Crippen LogP contribution in [0.4, 0.5) is 4.39 Å². The van der Waals surface area contributed by atoms with Crippen LogP contribution in [0.5, 0.6) is 5.75 Å². The summed E-state index contributed by atoms with van der Waals surface area (Å²) in [5.41, 5.74) is 0.464. The maximum atomic E-state index is 12.9. The van der Waals surface area contributed by atoms with E-state index in [-0.39, 0.29) is 41.4 Å². The van der Waals surface area contributed by atoms with Crippen LogP contribution < -0.4 is 10.1 Å². The molecule has 0 aromatic heterocycles. The fraction of sp³-hybridized carbons (Fsp3) is 0.417. The predicted molar refractivity (Wildman–Crippen MR) is 122 cm³/mol. The van der Waals surface area contributed by atoms with Crippen LogP contribution in [0.1, 0.15) is 43.0 Å². The number of carbonyl (C=O) groups excluding carboxylic acids is 2. The van der Waals surface area contributed by atoms with Gasteiger partial charge in [-0.3, -0.25) is 9.59 Å². The van der Waals surface area contributed by atoms with E-state index in [1.807, 2.05) is 0 Å². The summed E-state index contributed by atoms with van der Waals surface area (Å²) in [4.78, 5) is 24.0. The lowest BCUT2D eigenvalue weighted by Crippen LogP contribution is -2.43. The summed E-state index contributed by atoms with van der Waals surface area (Å²) in [7, 11) is -3.65. The van der Waals surface area contributed by atoms with Gasteiger partial charge in [0.2, 0.25) is 15.9 Å². The Bertz CT molecular complexity index is 1050. The van der Waals surface area contributed by atoms with E-state index >= 15 is 0 Å². The van der Waals surface area contributed by atoms with Gasteiger partial charge in [0.15, 0.2) is 5.78 Å². The van der Waals surface area contributed by atoms with Gasteiger partial charge in [0.05, 0.1) is 11.5 Å². The molecule has 1 aliphatic heterocycles. The van der Waals surface area contributed by atoms with E-state index in [0.717, 1.165) is 12.8 Å². The first-order valence-corrected chi connectivity index (χ1v) is 12.5. The van der Waals surface area contributed by atoms with Gasteiger partial charge >= 0.3 is 0 Å². The fourth-order valence-corrected chi connectivity index (χ4v) is 5.14. The van der Waals surface area contributed by atoms with Crippen molar-refractivity contribution in [2.24, 2.45) is 5.92 Å². The molecule has 0 radical (unpaired) electrons. The van der Waals surface area contributed by atoms with Crippen LogP contribution in [0.25, 0.3) is 0 Å². The van der Waals surface area contributed by atoms with Crippen molar-refractivity contribution in [2.75, 3.05) is 26.2 Å². The van der Waals surface area contributed by atoms with Crippen molar-refractivity contribution in [2.45, 2.75) is 37.5 Å². The molecule has 33 heavy (non-hydrogen) atoms. The number of nitrogens with one attached hydrogen (secondary N) is 1. The van der Waals surface area contributed by atoms with Gasteiger partial charge in [-0.2, -0.15) is 4.31 Å². The number of nitrogens with zero attached hydrogens (tertiary/aromatic N) is 1. The summed E-state index contributed by atoms with van der Waals surface area (Å²) in [6.45, 7) is 2.99. The lowest BCUT2D eigenvalue weighted by Gasteiger charge is -2.30. The second kappa shape index (κ2) is 11.4. The molecule has 3 rings (SSSR count). The van der Waals surface area contributed by atoms with Crippen molar-refractivity contribution < 1.29 is 27.1 Å². The summed E-state index contributed by atoms with van der Waals surface area (Å²) in [6.07, 6.45) is 2.42. The van der Waals surface area contributed by atoms with Gasteiger partial charge in [0, 0.05) is 31.1 Å². The van der Waals surface area contributed by atoms with Crippen molar-refractivity contribution in [1.29, 1.82) is 0 Å². The molecular weight excluding hydrogens is 447 g/mol. The number of amides is 1. The first-order valence-electron chi connectivity index (χ1n) is 11.0. The molecule has 1 heterocycles. The molecule has 1 saturated heterocycles. The smallest absolute Gasteiger partial charge is 0.243 e. The maximum Gasteiger partial charge on any atom is 0.243 e. The highest BCUT2D eigenvalue weighted by Crippen LogP contribution is 2.24. The van der Waals surface area contributed by atoms with E-state index in [9.17, 15) is 22.4 Å². The molecule has 1 fully saturated rings. The second-order valence-corrected chi connectivity index (χ2v) is 10.00. The zero-order chi connectivity index (χ0) is 23.8. The van der Waals surface area contributed by atoms with Crippen molar-refractivity contribution in [3.8, 4) is 5.75 Å². The van der Waals surface area contributed by atoms with Crippen LogP contribution >= 0.6 is 0 Å². The lowest BCUT2D eigenvalue weighted by molar-refractivity contribution is -0.126. The van der Waals surface area contributed by atoms with Gasteiger partial charge < -0.3 is 10.1 Å². The molecule has 2 aromatic carbocycles. The maximum absolute atomic E-state index is 12.9. The van der Waals surface area contributed by atoms with E-state index < -0.39 is 10.0 Å². The number of hydrogen-bond acceptors (Lipinski definition) is 5. The molecule has 1 aliphatic rings. The number of carbonyl (C=O) groups is 2. The summed E-state index contributed by atoms with van der Waals surface area (Å²) < 4.78 is 45.5. The number of ketones is 1. The number of sulfonamides is 1. The van der Waals surface area contributed by atoms with Crippen LogP contribution in [-0.4, -0.2) is 50.7 Å². The van der Waals surface area contributed by atoms with Crippen molar-refractivity contribution in [3.05, 3.63) is 59.9 Å². The summed E-state index contributed by atoms with van der Waals surface area (Å²) in [6, 6.07) is 11.8. The Balaban J connectivity index is 1.37. The molecule has 0 atom stereocenters. The molecule has 0 aliphatic carbocycles. The van der Waals surface area contributed by atoms with Gasteiger partial charge in [-0.25, -0.2) is 12.8 Å². The number of halogens is 1. The Morgan fingerprint density at radius 2 is 1.67 bits per heavy atom. The van der Waals surface area contributed by atoms with Gasteiger partial charge in [0.1, 0.15) is 11.6 Å². The van der Waals surface area contributed by atoms with Gasteiger partial charge in [-0.1, -0.05) is 12.1 Å². The molecule has 0 bridgehead atoms. The largest absolute Gasteiger partial charge is 0.494 e. The SMILES string of the molecule is CC(=O)c1ccc(S(=O)(=O)N2CCC(C(=O)NCCCCOc3ccc(F)cc3)CC2)cc1. The van der Waals surface area contributed by atoms with Crippen molar-refractivity contribution in [3.63, 3.8) is 0 Å². The number of ether oxygens (including phenoxy) is 1. The average molecular weight is 477 g/mol. The predicted octanol–water partition coefficient (Wildman–Crippen LogP) is 3.40. The molecule has 178 valence electrons. The number of piperidine rings is 1. The Hall–Kier alpha value is -2.78. The Morgan fingerprint density at radius 3 is 2.27 bits per heavy atom. The lowest BCUT2D eigenvalue weighted by atomic mass is 9.97. The summed E-state index contributed by atoms with van der Waals surface area (Å²) >= 11 is 0. The molecule has 1 amide bonds. The van der Waals surface area contributed by atoms with Crippen LogP contribution in [0, 0.1) is 11.7 Å². The minimum atomic E-state index is -3.65. The Kier molecular flexibility index (Phi) is 8.57. The van der Waals surface area contributed by atoms with E-state index in [1.54, 1.807) is 12.1 Å². The number of benzene rings is 2. The summed E-state index contributed by atoms with van der Waals surface area (Å²) in [5.74, 6) is -0.0933. The highest BCUT2D eigenvalue weighted by molar-refractivity contribution is 7.89. The number of unbranched alkanes of at least 4 members (excludes halogenated alkanes) is 1. The zero-order valence-corrected chi connectivity index (χ0v) is 19.4. The first kappa shape index (κ1) is 24.9. The van der Waals surface area contributed by atoms with Crippen LogP contribution in [-0.2, 0) is 14.8 Å². The van der Waals surface area contributed by atoms with Crippen LogP contribution in [0.3, 0.4) is 0 Å². The highest BCUT2D eigenvalue weighted by atomic mass is 32.2. The monoisotopic (exact) mass is 476 g/mol. The van der Waals surface area contributed by atoms with Crippen molar-refractivity contribution >= 4 is 21.7 Å². The standard InChI is InChI=1S/C24H29FN2O5S/c1-18(28)19-4-10-23(11-5-19)33(30,31)27-15-12-20(13-16-27)24(29)26-14-2-3-17-32-22-8-6-21(25)7-9-22/h4-11,20H,2-3,12-17H2,1H3,(H,26,29). The molecule has 2 aromatic rings. The quantitative estimate of drug-likeness (QED) is 0.419. The number of Topliss-reactive ketones (excluding diaryl/α,β-unsaturated/α-hetero) is 1. The molecule has 1 N–H and O–H groups in total. The first-order chi connectivity index (χ1) is 15.8. The molecule has 7 nitrogen and oxygen atoms in total. The minimum absolute atomic E-state index is 0.0580. The molecule has 9 heteroatoms. The Morgan fingerprint density at radius 1 is 1.03 bits per heavy atom. The fourth-order valence-electron chi connectivity index (χ4n) is 3.67. The minimum Gasteiger partial charge on any atom is -0.494 e. The van der Waals surface area contributed by atoms with E-state index in [1.165, 1.54) is 47.6 Å². The van der Waals surface area contributed by atoms with E-state index in [4.69, 9.17) is 4.74 Å². The second-order valence-electron chi connectivity index (χ2n) is 8.06. The highest BCUT2D eigenvalue weighted by Gasteiger charge is 2.32. The van der Waals surface area contributed by atoms with Crippen molar-refractivity contribution in [1.82, 2.24) is 9.62 Å². The Labute approximate surface area is 194 Å². The average Bonchev–Trinajstić information content (AvgIpc) is 2.82. The molecule has 0 unspecified atom stereocenters. The van der Waals surface area contributed by atoms with Gasteiger partial charge in [-0.05, 0) is 69.0 Å². The van der Waals surface area contributed by atoms with E-state index in [2.05, 4.69) is 5.32 Å². The van der Waals surface area contributed by atoms with Crippen LogP contribution in [0.15, 0.2) is 53.4 Å². The number of rotatable bonds is 10. The van der Waals surface area contributed by atoms with Crippen LogP contribution in [0.2, 0.25) is 0 Å². The van der Waals surface area contributed by atoms with Gasteiger partial charge in [-0.15, -0.1) is 0 Å². The zero-order valence-electron chi connectivity index (χ0n) is 18.6. The normalized spacial score (nSPS) is 15.2. The third-order valence-corrected chi connectivity index (χ3v) is 7.59. The third kappa shape index (κ3) is 6.85.